The highest BCUT2D eigenvalue weighted by Gasteiger charge is 2.55. The summed E-state index contributed by atoms with van der Waals surface area (Å²) in [5.74, 6) is 3.17. The molecule has 1 aromatic rings. The van der Waals surface area contributed by atoms with Crippen molar-refractivity contribution in [2.24, 2.45) is 29.6 Å². The van der Waals surface area contributed by atoms with Crippen LogP contribution in [0.15, 0.2) is 24.0 Å². The van der Waals surface area contributed by atoms with Gasteiger partial charge in [0.25, 0.3) is 0 Å². The van der Waals surface area contributed by atoms with E-state index in [9.17, 15) is 9.90 Å². The molecule has 6 aliphatic rings. The van der Waals surface area contributed by atoms with Crippen LogP contribution in [0.5, 0.6) is 0 Å². The maximum Gasteiger partial charge on any atom is 0.250 e. The molecule has 6 atom stereocenters. The second-order valence-corrected chi connectivity index (χ2v) is 9.64. The molecule has 0 aromatic carbocycles. The lowest BCUT2D eigenvalue weighted by Crippen LogP contribution is -2.56. The number of hydrogen-bond acceptors (Lipinski definition) is 3. The number of aliphatic hydroxyl groups is 1. The van der Waals surface area contributed by atoms with E-state index in [1.54, 1.807) is 0 Å². The standard InChI is InChI=1S/C22H26N2O2/c25-21-19-6-17-10-23-2-1-14(17)5-18(19)11-24(21)12-20-15-3-13-4-16(20)9-22(26,7-13)8-15/h1-2,6,10,13,15-16,18,20,26H,3-5,7-9,11-12H2/t13?,15-,16+,18?,20?,22?. The number of likely N-dealkylation sites (tertiary alicyclic amines) is 1. The van der Waals surface area contributed by atoms with E-state index in [0.29, 0.717) is 23.7 Å². The Bertz CT molecular complexity index is 800. The van der Waals surface area contributed by atoms with E-state index >= 15 is 0 Å². The van der Waals surface area contributed by atoms with Crippen LogP contribution in [-0.2, 0) is 11.2 Å². The van der Waals surface area contributed by atoms with Gasteiger partial charge in [-0.1, -0.05) is 0 Å². The largest absolute Gasteiger partial charge is 0.390 e. The van der Waals surface area contributed by atoms with E-state index in [-0.39, 0.29) is 11.5 Å². The average molecular weight is 350 g/mol. The summed E-state index contributed by atoms with van der Waals surface area (Å²) in [6.45, 7) is 1.77. The quantitative estimate of drug-likeness (QED) is 0.892. The third kappa shape index (κ3) is 2.17. The van der Waals surface area contributed by atoms with Crippen molar-refractivity contribution in [1.29, 1.82) is 0 Å². The summed E-state index contributed by atoms with van der Waals surface area (Å²) in [5, 5.41) is 10.8. The SMILES string of the molecule is O=C1C2=Cc3cnccc3CC2CN1CC1[C@@H]2CC3C[C@H]1CC(O)(C3)C2. The second-order valence-electron chi connectivity index (χ2n) is 9.64. The lowest BCUT2D eigenvalue weighted by molar-refractivity contribution is -0.157. The monoisotopic (exact) mass is 350 g/mol. The van der Waals surface area contributed by atoms with E-state index in [1.807, 2.05) is 12.4 Å². The number of aromatic nitrogens is 1. The van der Waals surface area contributed by atoms with Gasteiger partial charge in [-0.25, -0.2) is 0 Å². The summed E-state index contributed by atoms with van der Waals surface area (Å²) in [7, 11) is 0. The zero-order valence-electron chi connectivity index (χ0n) is 15.1. The van der Waals surface area contributed by atoms with Crippen LogP contribution in [0.1, 0.15) is 43.2 Å². The highest BCUT2D eigenvalue weighted by molar-refractivity contribution is 6.01. The smallest absolute Gasteiger partial charge is 0.250 e. The third-order valence-corrected chi connectivity index (χ3v) is 8.01. The summed E-state index contributed by atoms with van der Waals surface area (Å²) < 4.78 is 0. The highest BCUT2D eigenvalue weighted by Crippen LogP contribution is 2.58. The van der Waals surface area contributed by atoms with Crippen molar-refractivity contribution >= 4 is 12.0 Å². The van der Waals surface area contributed by atoms with Gasteiger partial charge >= 0.3 is 0 Å². The van der Waals surface area contributed by atoms with E-state index in [1.165, 1.54) is 18.4 Å². The van der Waals surface area contributed by atoms with Crippen LogP contribution in [0.3, 0.4) is 0 Å². The second kappa shape index (κ2) is 5.19. The Kier molecular flexibility index (Phi) is 3.07. The van der Waals surface area contributed by atoms with Crippen LogP contribution in [0.25, 0.3) is 6.08 Å². The first kappa shape index (κ1) is 15.4. The predicted octanol–water partition coefficient (Wildman–Crippen LogP) is 2.67. The van der Waals surface area contributed by atoms with Crippen molar-refractivity contribution in [3.63, 3.8) is 0 Å². The fourth-order valence-electron chi connectivity index (χ4n) is 7.14. The van der Waals surface area contributed by atoms with Gasteiger partial charge in [0.15, 0.2) is 0 Å². The minimum atomic E-state index is -0.382. The number of rotatable bonds is 2. The third-order valence-electron chi connectivity index (χ3n) is 8.01. The number of fused-ring (bicyclic) bond motifs is 2. The first-order valence-electron chi connectivity index (χ1n) is 10.2. The molecule has 2 heterocycles. The molecule has 1 amide bonds. The molecule has 26 heavy (non-hydrogen) atoms. The topological polar surface area (TPSA) is 53.4 Å². The molecule has 1 N–H and O–H groups in total. The predicted molar refractivity (Wildman–Crippen MR) is 98.0 cm³/mol. The number of pyridine rings is 1. The number of nitrogens with zero attached hydrogens (tertiary/aromatic N) is 2. The molecule has 4 saturated carbocycles. The van der Waals surface area contributed by atoms with Gasteiger partial charge in [-0.15, -0.1) is 0 Å². The Balaban J connectivity index is 1.23. The molecule has 4 heteroatoms. The zero-order chi connectivity index (χ0) is 17.5. The first-order valence-corrected chi connectivity index (χ1v) is 10.2. The van der Waals surface area contributed by atoms with Gasteiger partial charge in [-0.3, -0.25) is 9.78 Å². The normalized spacial score (nSPS) is 42.7. The van der Waals surface area contributed by atoms with Gasteiger partial charge in [0.05, 0.1) is 5.60 Å². The summed E-state index contributed by atoms with van der Waals surface area (Å²) >= 11 is 0. The van der Waals surface area contributed by atoms with E-state index in [4.69, 9.17) is 0 Å². The molecule has 1 saturated heterocycles. The molecular formula is C22H26N2O2. The molecule has 4 unspecified atom stereocenters. The number of amides is 1. The van der Waals surface area contributed by atoms with Gasteiger partial charge in [0, 0.05) is 37.0 Å². The molecular weight excluding hydrogens is 324 g/mol. The van der Waals surface area contributed by atoms with Gasteiger partial charge in [-0.2, -0.15) is 0 Å². The Morgan fingerprint density at radius 1 is 1.23 bits per heavy atom. The number of hydrogen-bond donors (Lipinski definition) is 1. The van der Waals surface area contributed by atoms with Crippen LogP contribution in [-0.4, -0.2) is 39.6 Å². The average Bonchev–Trinajstić information content (AvgIpc) is 2.90. The first-order chi connectivity index (χ1) is 12.6. The fraction of sp³-hybridized carbons (Fsp3) is 0.636. The number of carbonyl (C=O) groups is 1. The molecule has 1 aliphatic heterocycles. The van der Waals surface area contributed by atoms with Crippen molar-refractivity contribution in [3.05, 3.63) is 35.2 Å². The molecule has 5 fully saturated rings. The molecule has 4 nitrogen and oxygen atoms in total. The Morgan fingerprint density at radius 3 is 2.81 bits per heavy atom. The molecule has 5 aliphatic carbocycles. The van der Waals surface area contributed by atoms with Crippen molar-refractivity contribution in [2.45, 2.75) is 44.1 Å². The molecule has 1 aromatic heterocycles. The Morgan fingerprint density at radius 2 is 2.04 bits per heavy atom. The Labute approximate surface area is 154 Å². The lowest BCUT2D eigenvalue weighted by Gasteiger charge is -2.58. The summed E-state index contributed by atoms with van der Waals surface area (Å²) in [6, 6.07) is 2.09. The van der Waals surface area contributed by atoms with Gasteiger partial charge in [0.1, 0.15) is 0 Å². The van der Waals surface area contributed by atoms with Crippen molar-refractivity contribution < 1.29 is 9.90 Å². The Hall–Kier alpha value is -1.68. The van der Waals surface area contributed by atoms with Crippen LogP contribution in [0.4, 0.5) is 0 Å². The number of carbonyl (C=O) groups excluding carboxylic acids is 1. The van der Waals surface area contributed by atoms with Gasteiger partial charge < -0.3 is 10.0 Å². The minimum absolute atomic E-state index is 0.247. The minimum Gasteiger partial charge on any atom is -0.390 e. The van der Waals surface area contributed by atoms with Gasteiger partial charge in [-0.05, 0) is 85.5 Å². The van der Waals surface area contributed by atoms with Crippen LogP contribution in [0.2, 0.25) is 0 Å². The molecule has 0 spiro atoms. The van der Waals surface area contributed by atoms with Crippen LogP contribution < -0.4 is 0 Å². The highest BCUT2D eigenvalue weighted by atomic mass is 16.3. The lowest BCUT2D eigenvalue weighted by atomic mass is 9.50. The molecule has 4 bridgehead atoms. The van der Waals surface area contributed by atoms with Crippen LogP contribution >= 0.6 is 0 Å². The van der Waals surface area contributed by atoms with Crippen molar-refractivity contribution in [1.82, 2.24) is 9.88 Å². The van der Waals surface area contributed by atoms with E-state index in [2.05, 4.69) is 22.0 Å². The van der Waals surface area contributed by atoms with Crippen molar-refractivity contribution in [3.8, 4) is 0 Å². The van der Waals surface area contributed by atoms with Crippen LogP contribution in [0, 0.1) is 29.6 Å². The van der Waals surface area contributed by atoms with Crippen molar-refractivity contribution in [2.75, 3.05) is 13.1 Å². The molecule has 0 radical (unpaired) electrons. The molecule has 7 rings (SSSR count). The van der Waals surface area contributed by atoms with Gasteiger partial charge in [0.2, 0.25) is 5.91 Å². The van der Waals surface area contributed by atoms with E-state index < -0.39 is 0 Å². The fourth-order valence-corrected chi connectivity index (χ4v) is 7.14. The summed E-state index contributed by atoms with van der Waals surface area (Å²) in [4.78, 5) is 19.4. The maximum absolute atomic E-state index is 13.1. The maximum atomic E-state index is 13.1. The summed E-state index contributed by atoms with van der Waals surface area (Å²) in [6.07, 6.45) is 12.3. The summed E-state index contributed by atoms with van der Waals surface area (Å²) in [5.41, 5.74) is 3.05. The zero-order valence-corrected chi connectivity index (χ0v) is 15.1. The molecule has 136 valence electrons. The van der Waals surface area contributed by atoms with E-state index in [0.717, 1.165) is 55.8 Å².